The number of hydrogen-bond acceptors (Lipinski definition) is 2. The molecule has 0 aliphatic carbocycles. The third kappa shape index (κ3) is 2.03. The number of halogens is 4. The fraction of sp³-hybridized carbons (Fsp3) is 0.286. The molecule has 1 rings (SSSR count). The van der Waals surface area contributed by atoms with Crippen LogP contribution in [0, 0.1) is 0 Å². The van der Waals surface area contributed by atoms with Crippen molar-refractivity contribution in [3.05, 3.63) is 23.5 Å². The van der Waals surface area contributed by atoms with E-state index in [2.05, 4.69) is 4.98 Å². The van der Waals surface area contributed by atoms with E-state index in [9.17, 15) is 13.2 Å². The van der Waals surface area contributed by atoms with Crippen LogP contribution in [0.1, 0.15) is 11.3 Å². The third-order valence-corrected chi connectivity index (χ3v) is 1.76. The molecule has 0 aliphatic rings. The smallest absolute Gasteiger partial charge is 0.397 e. The van der Waals surface area contributed by atoms with Gasteiger partial charge in [-0.15, -0.1) is 11.6 Å². The summed E-state index contributed by atoms with van der Waals surface area (Å²) < 4.78 is 36.6. The minimum Gasteiger partial charge on any atom is -0.397 e. The average molecular weight is 211 g/mol. The monoisotopic (exact) mass is 210 g/mol. The number of rotatable bonds is 1. The van der Waals surface area contributed by atoms with Crippen molar-refractivity contribution >= 4 is 17.3 Å². The number of nitrogen functional groups attached to an aromatic ring is 1. The van der Waals surface area contributed by atoms with Gasteiger partial charge >= 0.3 is 6.18 Å². The summed E-state index contributed by atoms with van der Waals surface area (Å²) in [7, 11) is 0. The molecule has 2 N–H and O–H groups in total. The van der Waals surface area contributed by atoms with E-state index in [1.807, 2.05) is 0 Å². The summed E-state index contributed by atoms with van der Waals surface area (Å²) in [5, 5.41) is 0. The summed E-state index contributed by atoms with van der Waals surface area (Å²) in [6.45, 7) is 0. The molecule has 1 heterocycles. The largest absolute Gasteiger partial charge is 0.418 e. The van der Waals surface area contributed by atoms with E-state index in [-0.39, 0.29) is 11.6 Å². The standard InChI is InChI=1S/C7H6ClF3N2/c8-3-5-6(12)4(1-2-13-5)7(9,10)11/h1-2H,3,12H2. The van der Waals surface area contributed by atoms with E-state index >= 15 is 0 Å². The first-order chi connectivity index (χ1) is 5.96. The second-order valence-corrected chi connectivity index (χ2v) is 2.62. The van der Waals surface area contributed by atoms with E-state index in [1.165, 1.54) is 0 Å². The van der Waals surface area contributed by atoms with Gasteiger partial charge in [0.25, 0.3) is 0 Å². The minimum absolute atomic E-state index is 0.0523. The lowest BCUT2D eigenvalue weighted by Crippen LogP contribution is -2.11. The fourth-order valence-corrected chi connectivity index (χ4v) is 1.08. The molecule has 0 unspecified atom stereocenters. The zero-order valence-corrected chi connectivity index (χ0v) is 7.15. The van der Waals surface area contributed by atoms with Gasteiger partial charge in [0.2, 0.25) is 0 Å². The second kappa shape index (κ2) is 3.41. The molecule has 0 spiro atoms. The lowest BCUT2D eigenvalue weighted by Gasteiger charge is -2.10. The van der Waals surface area contributed by atoms with E-state index in [0.29, 0.717) is 0 Å². The third-order valence-electron chi connectivity index (χ3n) is 1.50. The van der Waals surface area contributed by atoms with Crippen molar-refractivity contribution in [3.63, 3.8) is 0 Å². The maximum Gasteiger partial charge on any atom is 0.418 e. The van der Waals surface area contributed by atoms with Crippen LogP contribution in [0.5, 0.6) is 0 Å². The van der Waals surface area contributed by atoms with Crippen LogP contribution in [0.3, 0.4) is 0 Å². The highest BCUT2D eigenvalue weighted by molar-refractivity contribution is 6.17. The number of alkyl halides is 4. The number of pyridine rings is 1. The van der Waals surface area contributed by atoms with Crippen LogP contribution in [-0.4, -0.2) is 4.98 Å². The highest BCUT2D eigenvalue weighted by atomic mass is 35.5. The van der Waals surface area contributed by atoms with Crippen LogP contribution in [0.25, 0.3) is 0 Å². The van der Waals surface area contributed by atoms with Crippen molar-refractivity contribution in [3.8, 4) is 0 Å². The first-order valence-electron chi connectivity index (χ1n) is 3.33. The summed E-state index contributed by atoms with van der Waals surface area (Å²) in [6, 6.07) is 0.825. The number of hydrogen-bond donors (Lipinski definition) is 1. The Morgan fingerprint density at radius 1 is 1.46 bits per heavy atom. The van der Waals surface area contributed by atoms with Gasteiger partial charge in [0.05, 0.1) is 22.8 Å². The molecule has 0 aromatic carbocycles. The van der Waals surface area contributed by atoms with Crippen molar-refractivity contribution in [2.45, 2.75) is 12.1 Å². The molecule has 0 fully saturated rings. The zero-order chi connectivity index (χ0) is 10.1. The number of nitrogens with two attached hydrogens (primary N) is 1. The van der Waals surface area contributed by atoms with Crippen LogP contribution < -0.4 is 5.73 Å². The number of aromatic nitrogens is 1. The van der Waals surface area contributed by atoms with Crippen molar-refractivity contribution in [1.82, 2.24) is 4.98 Å². The Hall–Kier alpha value is -0.970. The molecule has 0 saturated carbocycles. The maximum atomic E-state index is 12.2. The van der Waals surface area contributed by atoms with Crippen molar-refractivity contribution in [2.75, 3.05) is 5.73 Å². The van der Waals surface area contributed by atoms with E-state index in [4.69, 9.17) is 17.3 Å². The quantitative estimate of drug-likeness (QED) is 0.723. The summed E-state index contributed by atoms with van der Waals surface area (Å²) in [4.78, 5) is 3.61. The number of nitrogens with zero attached hydrogens (tertiary/aromatic N) is 1. The molecule has 0 atom stereocenters. The van der Waals surface area contributed by atoms with Gasteiger partial charge in [-0.3, -0.25) is 4.98 Å². The van der Waals surface area contributed by atoms with E-state index in [1.54, 1.807) is 0 Å². The molecule has 6 heteroatoms. The Morgan fingerprint density at radius 3 is 2.54 bits per heavy atom. The molecule has 0 bridgehead atoms. The summed E-state index contributed by atoms with van der Waals surface area (Å²) in [6.07, 6.45) is -3.41. The maximum absolute atomic E-state index is 12.2. The Morgan fingerprint density at radius 2 is 2.08 bits per heavy atom. The molecule has 72 valence electrons. The molecule has 2 nitrogen and oxygen atoms in total. The summed E-state index contributed by atoms with van der Waals surface area (Å²) >= 11 is 5.34. The fourth-order valence-electron chi connectivity index (χ4n) is 0.870. The Kier molecular flexibility index (Phi) is 2.66. The molecule has 0 saturated heterocycles. The van der Waals surface area contributed by atoms with E-state index < -0.39 is 17.4 Å². The van der Waals surface area contributed by atoms with Crippen molar-refractivity contribution < 1.29 is 13.2 Å². The highest BCUT2D eigenvalue weighted by Gasteiger charge is 2.33. The van der Waals surface area contributed by atoms with Crippen LogP contribution in [0.2, 0.25) is 0 Å². The zero-order valence-electron chi connectivity index (χ0n) is 6.40. The molecule has 1 aromatic rings. The molecule has 13 heavy (non-hydrogen) atoms. The Balaban J connectivity index is 3.24. The van der Waals surface area contributed by atoms with Gasteiger partial charge in [0.15, 0.2) is 0 Å². The summed E-state index contributed by atoms with van der Waals surface area (Å²) in [5.41, 5.74) is 3.98. The topological polar surface area (TPSA) is 38.9 Å². The van der Waals surface area contributed by atoms with Gasteiger partial charge in [-0.1, -0.05) is 0 Å². The second-order valence-electron chi connectivity index (χ2n) is 2.35. The molecule has 0 radical (unpaired) electrons. The Bertz CT molecular complexity index is 311. The first kappa shape index (κ1) is 10.1. The lowest BCUT2D eigenvalue weighted by molar-refractivity contribution is -0.137. The van der Waals surface area contributed by atoms with Gasteiger partial charge in [0, 0.05) is 6.20 Å². The molecular formula is C7H6ClF3N2. The van der Waals surface area contributed by atoms with E-state index in [0.717, 1.165) is 12.3 Å². The molecule has 0 aliphatic heterocycles. The first-order valence-corrected chi connectivity index (χ1v) is 3.86. The Labute approximate surface area is 77.5 Å². The summed E-state index contributed by atoms with van der Waals surface area (Å²) in [5.74, 6) is -0.129. The predicted octanol–water partition coefficient (Wildman–Crippen LogP) is 2.42. The van der Waals surface area contributed by atoms with Crippen LogP contribution >= 0.6 is 11.6 Å². The van der Waals surface area contributed by atoms with Gasteiger partial charge in [-0.2, -0.15) is 13.2 Å². The molecule has 0 amide bonds. The normalized spacial score (nSPS) is 11.7. The van der Waals surface area contributed by atoms with Gasteiger partial charge in [-0.25, -0.2) is 0 Å². The molecular weight excluding hydrogens is 205 g/mol. The van der Waals surface area contributed by atoms with Crippen molar-refractivity contribution in [1.29, 1.82) is 0 Å². The SMILES string of the molecule is Nc1c(C(F)(F)F)ccnc1CCl. The van der Waals surface area contributed by atoms with Gasteiger partial charge in [-0.05, 0) is 6.07 Å². The van der Waals surface area contributed by atoms with Crippen molar-refractivity contribution in [2.24, 2.45) is 0 Å². The highest BCUT2D eigenvalue weighted by Crippen LogP contribution is 2.34. The predicted molar refractivity (Wildman–Crippen MR) is 43.2 cm³/mol. The number of anilines is 1. The van der Waals surface area contributed by atoms with Crippen LogP contribution in [0.4, 0.5) is 18.9 Å². The lowest BCUT2D eigenvalue weighted by atomic mass is 10.2. The minimum atomic E-state index is -4.45. The van der Waals surface area contributed by atoms with Crippen LogP contribution in [0.15, 0.2) is 12.3 Å². The van der Waals surface area contributed by atoms with Gasteiger partial charge < -0.3 is 5.73 Å². The molecule has 1 aromatic heterocycles. The average Bonchev–Trinajstić information content (AvgIpc) is 2.02. The van der Waals surface area contributed by atoms with Crippen LogP contribution in [-0.2, 0) is 12.1 Å². The van der Waals surface area contributed by atoms with Gasteiger partial charge in [0.1, 0.15) is 0 Å².